The van der Waals surface area contributed by atoms with Crippen LogP contribution in [0.5, 0.6) is 0 Å². The number of nitrogen functional groups attached to an aromatic ring is 1. The van der Waals surface area contributed by atoms with Crippen LogP contribution in [0.25, 0.3) is 0 Å². The van der Waals surface area contributed by atoms with Crippen molar-refractivity contribution in [1.82, 2.24) is 15.0 Å². The highest BCUT2D eigenvalue weighted by Gasteiger charge is 2.07. The fraction of sp³-hybridized carbons (Fsp3) is 0.250. The van der Waals surface area contributed by atoms with Gasteiger partial charge in [0.1, 0.15) is 17.8 Å². The Labute approximate surface area is 106 Å². The zero-order valence-corrected chi connectivity index (χ0v) is 10.4. The number of rotatable bonds is 4. The van der Waals surface area contributed by atoms with Crippen molar-refractivity contribution in [2.45, 2.75) is 13.8 Å². The molecule has 0 fully saturated rings. The molecule has 94 valence electrons. The molecule has 0 aliphatic rings. The molecule has 6 heteroatoms. The summed E-state index contributed by atoms with van der Waals surface area (Å²) >= 11 is 0. The van der Waals surface area contributed by atoms with E-state index in [2.05, 4.69) is 25.6 Å². The van der Waals surface area contributed by atoms with E-state index in [9.17, 15) is 0 Å². The Morgan fingerprint density at radius 3 is 2.61 bits per heavy atom. The van der Waals surface area contributed by atoms with Gasteiger partial charge >= 0.3 is 0 Å². The van der Waals surface area contributed by atoms with E-state index in [1.807, 2.05) is 26.0 Å². The molecule has 18 heavy (non-hydrogen) atoms. The molecule has 0 atom stereocenters. The van der Waals surface area contributed by atoms with Gasteiger partial charge in [-0.3, -0.25) is 0 Å². The second-order valence-corrected chi connectivity index (χ2v) is 3.86. The van der Waals surface area contributed by atoms with Crippen LogP contribution in [0.2, 0.25) is 0 Å². The molecule has 0 radical (unpaired) electrons. The first-order valence-corrected chi connectivity index (χ1v) is 5.74. The molecule has 2 aromatic rings. The molecule has 6 nitrogen and oxygen atoms in total. The van der Waals surface area contributed by atoms with Gasteiger partial charge in [0, 0.05) is 12.7 Å². The van der Waals surface area contributed by atoms with E-state index in [1.54, 1.807) is 6.20 Å². The number of nitrogens with zero attached hydrogens (tertiary/aromatic N) is 3. The Balaban J connectivity index is 2.23. The summed E-state index contributed by atoms with van der Waals surface area (Å²) in [6, 6.07) is 3.85. The summed E-state index contributed by atoms with van der Waals surface area (Å²) < 4.78 is 0. The third-order valence-corrected chi connectivity index (χ3v) is 2.39. The molecule has 0 aromatic carbocycles. The smallest absolute Gasteiger partial charge is 0.160 e. The highest BCUT2D eigenvalue weighted by molar-refractivity contribution is 5.76. The van der Waals surface area contributed by atoms with Crippen molar-refractivity contribution in [2.24, 2.45) is 0 Å². The van der Waals surface area contributed by atoms with Crippen molar-refractivity contribution >= 4 is 23.1 Å². The van der Waals surface area contributed by atoms with Gasteiger partial charge in [0.15, 0.2) is 11.6 Å². The molecular weight excluding hydrogens is 228 g/mol. The number of aromatic nitrogens is 3. The maximum absolute atomic E-state index is 5.97. The molecule has 2 rings (SSSR count). The van der Waals surface area contributed by atoms with Crippen LogP contribution in [0.4, 0.5) is 23.1 Å². The lowest BCUT2D eigenvalue weighted by Crippen LogP contribution is -2.07. The van der Waals surface area contributed by atoms with Gasteiger partial charge in [-0.25, -0.2) is 15.0 Å². The van der Waals surface area contributed by atoms with Crippen molar-refractivity contribution in [3.8, 4) is 0 Å². The number of nitrogens with one attached hydrogen (secondary N) is 2. The minimum absolute atomic E-state index is 0.488. The molecule has 2 heterocycles. The van der Waals surface area contributed by atoms with E-state index >= 15 is 0 Å². The maximum Gasteiger partial charge on any atom is 0.160 e. The van der Waals surface area contributed by atoms with Crippen LogP contribution in [0, 0.1) is 6.92 Å². The minimum atomic E-state index is 0.488. The van der Waals surface area contributed by atoms with Crippen LogP contribution in [-0.4, -0.2) is 21.5 Å². The topological polar surface area (TPSA) is 88.8 Å². The normalized spacial score (nSPS) is 10.1. The highest BCUT2D eigenvalue weighted by atomic mass is 15.1. The van der Waals surface area contributed by atoms with Gasteiger partial charge in [-0.15, -0.1) is 0 Å². The first kappa shape index (κ1) is 12.1. The predicted octanol–water partition coefficient (Wildman–Crippen LogP) is 1.94. The van der Waals surface area contributed by atoms with Crippen molar-refractivity contribution in [1.29, 1.82) is 0 Å². The Bertz CT molecular complexity index is 523. The SMILES string of the molecule is CCNc1ncnc(Nc2ccc(C)cn2)c1N. The summed E-state index contributed by atoms with van der Waals surface area (Å²) in [5.74, 6) is 1.88. The minimum Gasteiger partial charge on any atom is -0.393 e. The molecule has 0 unspecified atom stereocenters. The summed E-state index contributed by atoms with van der Waals surface area (Å²) in [4.78, 5) is 12.4. The monoisotopic (exact) mass is 244 g/mol. The van der Waals surface area contributed by atoms with E-state index in [0.717, 1.165) is 12.1 Å². The molecule has 0 saturated carbocycles. The molecular formula is C12H16N6. The lowest BCUT2D eigenvalue weighted by molar-refractivity contribution is 1.11. The summed E-state index contributed by atoms with van der Waals surface area (Å²) in [5, 5.41) is 6.15. The zero-order valence-electron chi connectivity index (χ0n) is 10.4. The Morgan fingerprint density at radius 1 is 1.17 bits per heavy atom. The quantitative estimate of drug-likeness (QED) is 0.761. The third-order valence-electron chi connectivity index (χ3n) is 2.39. The summed E-state index contributed by atoms with van der Waals surface area (Å²) in [6.07, 6.45) is 3.25. The van der Waals surface area contributed by atoms with E-state index in [-0.39, 0.29) is 0 Å². The number of anilines is 4. The largest absolute Gasteiger partial charge is 0.393 e. The van der Waals surface area contributed by atoms with Gasteiger partial charge in [-0.2, -0.15) is 0 Å². The van der Waals surface area contributed by atoms with Gasteiger partial charge in [0.05, 0.1) is 0 Å². The predicted molar refractivity (Wildman–Crippen MR) is 72.9 cm³/mol. The van der Waals surface area contributed by atoms with E-state index in [0.29, 0.717) is 23.1 Å². The van der Waals surface area contributed by atoms with Crippen LogP contribution in [0.1, 0.15) is 12.5 Å². The summed E-state index contributed by atoms with van der Waals surface area (Å²) in [6.45, 7) is 4.72. The molecule has 0 aliphatic carbocycles. The van der Waals surface area contributed by atoms with Crippen molar-refractivity contribution in [3.05, 3.63) is 30.2 Å². The van der Waals surface area contributed by atoms with E-state index in [1.165, 1.54) is 6.33 Å². The van der Waals surface area contributed by atoms with E-state index in [4.69, 9.17) is 5.73 Å². The zero-order chi connectivity index (χ0) is 13.0. The van der Waals surface area contributed by atoms with Crippen molar-refractivity contribution in [2.75, 3.05) is 22.9 Å². The number of hydrogen-bond acceptors (Lipinski definition) is 6. The van der Waals surface area contributed by atoms with Crippen LogP contribution in [-0.2, 0) is 0 Å². The lowest BCUT2D eigenvalue weighted by Gasteiger charge is -2.11. The molecule has 0 spiro atoms. The van der Waals surface area contributed by atoms with Crippen molar-refractivity contribution < 1.29 is 0 Å². The first-order chi connectivity index (χ1) is 8.70. The van der Waals surface area contributed by atoms with Crippen LogP contribution >= 0.6 is 0 Å². The molecule has 4 N–H and O–H groups in total. The second-order valence-electron chi connectivity index (χ2n) is 3.86. The van der Waals surface area contributed by atoms with Gasteiger partial charge in [0.25, 0.3) is 0 Å². The van der Waals surface area contributed by atoms with Crippen LogP contribution < -0.4 is 16.4 Å². The number of aryl methyl sites for hydroxylation is 1. The number of hydrogen-bond donors (Lipinski definition) is 3. The summed E-state index contributed by atoms with van der Waals surface area (Å²) in [5.41, 5.74) is 7.56. The van der Waals surface area contributed by atoms with Crippen LogP contribution in [0.15, 0.2) is 24.7 Å². The van der Waals surface area contributed by atoms with Crippen molar-refractivity contribution in [3.63, 3.8) is 0 Å². The Kier molecular flexibility index (Phi) is 3.57. The molecule has 0 saturated heterocycles. The molecule has 0 aliphatic heterocycles. The lowest BCUT2D eigenvalue weighted by atomic mass is 10.3. The van der Waals surface area contributed by atoms with Gasteiger partial charge in [0.2, 0.25) is 0 Å². The number of nitrogens with two attached hydrogens (primary N) is 1. The Hall–Kier alpha value is -2.37. The third kappa shape index (κ3) is 2.65. The fourth-order valence-corrected chi connectivity index (χ4v) is 1.47. The average Bonchev–Trinajstić information content (AvgIpc) is 2.37. The maximum atomic E-state index is 5.97. The first-order valence-electron chi connectivity index (χ1n) is 5.74. The van der Waals surface area contributed by atoms with E-state index < -0.39 is 0 Å². The summed E-state index contributed by atoms with van der Waals surface area (Å²) in [7, 11) is 0. The highest BCUT2D eigenvalue weighted by Crippen LogP contribution is 2.24. The second kappa shape index (κ2) is 5.31. The molecule has 2 aromatic heterocycles. The van der Waals surface area contributed by atoms with Gasteiger partial charge < -0.3 is 16.4 Å². The molecule has 0 amide bonds. The standard InChI is InChI=1S/C12H16N6/c1-3-14-11-10(13)12(17-7-16-11)18-9-5-4-8(2)6-15-9/h4-7H,3,13H2,1-2H3,(H2,14,15,16,17,18). The number of pyridine rings is 1. The van der Waals surface area contributed by atoms with Gasteiger partial charge in [-0.05, 0) is 25.5 Å². The fourth-order valence-electron chi connectivity index (χ4n) is 1.47. The molecule has 0 bridgehead atoms. The average molecular weight is 244 g/mol. The Morgan fingerprint density at radius 2 is 1.94 bits per heavy atom. The van der Waals surface area contributed by atoms with Crippen LogP contribution in [0.3, 0.4) is 0 Å². The van der Waals surface area contributed by atoms with Gasteiger partial charge in [-0.1, -0.05) is 6.07 Å².